The molecule has 1 fully saturated rings. The fourth-order valence-electron chi connectivity index (χ4n) is 1.70. The molecule has 0 saturated carbocycles. The molecule has 0 aromatic heterocycles. The van der Waals surface area contributed by atoms with Gasteiger partial charge in [-0.15, -0.1) is 0 Å². The van der Waals surface area contributed by atoms with E-state index >= 15 is 0 Å². The second-order valence-corrected chi connectivity index (χ2v) is 3.55. The number of rotatable bonds is 2. The summed E-state index contributed by atoms with van der Waals surface area (Å²) < 4.78 is 5.19. The zero-order valence-corrected chi connectivity index (χ0v) is 7.52. The van der Waals surface area contributed by atoms with Gasteiger partial charge in [0.05, 0.1) is 19.3 Å². The minimum absolute atomic E-state index is 0.278. The first-order valence-corrected chi connectivity index (χ1v) is 4.66. The van der Waals surface area contributed by atoms with Gasteiger partial charge in [0.25, 0.3) is 0 Å². The van der Waals surface area contributed by atoms with Crippen molar-refractivity contribution in [3.05, 3.63) is 35.9 Å². The normalized spacial score (nSPS) is 27.8. The van der Waals surface area contributed by atoms with Crippen molar-refractivity contribution in [2.75, 3.05) is 13.2 Å². The smallest absolute Gasteiger partial charge is 0.0826 e. The molecule has 0 unspecified atom stereocenters. The number of aliphatic hydroxyl groups excluding tert-OH is 1. The molecule has 1 aliphatic rings. The van der Waals surface area contributed by atoms with E-state index in [0.29, 0.717) is 13.2 Å². The molecular formula is C11H14O2. The van der Waals surface area contributed by atoms with Gasteiger partial charge in [0.15, 0.2) is 0 Å². The first-order valence-electron chi connectivity index (χ1n) is 4.66. The first-order chi connectivity index (χ1) is 6.36. The summed E-state index contributed by atoms with van der Waals surface area (Å²) in [7, 11) is 0. The summed E-state index contributed by atoms with van der Waals surface area (Å²) in [6.07, 6.45) is 0.641. The van der Waals surface area contributed by atoms with Crippen LogP contribution in [0.15, 0.2) is 30.3 Å². The largest absolute Gasteiger partial charge is 0.390 e. The predicted molar refractivity (Wildman–Crippen MR) is 50.5 cm³/mol. The number of benzene rings is 1. The standard InChI is InChI=1S/C11H14O2/c12-11-8-13-7-10(11)6-9-4-2-1-3-5-9/h1-5,10-12H,6-8H2/t10-,11-/m1/s1. The van der Waals surface area contributed by atoms with E-state index in [9.17, 15) is 5.11 Å². The van der Waals surface area contributed by atoms with Gasteiger partial charge in [-0.1, -0.05) is 30.3 Å². The molecule has 2 atom stereocenters. The Balaban J connectivity index is 1.98. The van der Waals surface area contributed by atoms with Crippen LogP contribution in [0, 0.1) is 5.92 Å². The summed E-state index contributed by atoms with van der Waals surface area (Å²) in [5.74, 6) is 0.280. The quantitative estimate of drug-likeness (QED) is 0.738. The number of aliphatic hydroxyl groups is 1. The minimum Gasteiger partial charge on any atom is -0.390 e. The lowest BCUT2D eigenvalue weighted by atomic mass is 9.97. The average Bonchev–Trinajstić information content (AvgIpc) is 2.54. The molecule has 2 heteroatoms. The van der Waals surface area contributed by atoms with Crippen molar-refractivity contribution in [2.24, 2.45) is 5.92 Å². The van der Waals surface area contributed by atoms with Crippen LogP contribution in [-0.2, 0) is 11.2 Å². The molecule has 0 aliphatic carbocycles. The monoisotopic (exact) mass is 178 g/mol. The third kappa shape index (κ3) is 2.08. The highest BCUT2D eigenvalue weighted by atomic mass is 16.5. The summed E-state index contributed by atoms with van der Waals surface area (Å²) in [5.41, 5.74) is 1.28. The lowest BCUT2D eigenvalue weighted by molar-refractivity contribution is 0.118. The third-order valence-electron chi connectivity index (χ3n) is 2.51. The van der Waals surface area contributed by atoms with Crippen LogP contribution in [0.3, 0.4) is 0 Å². The molecule has 1 heterocycles. The summed E-state index contributed by atoms with van der Waals surface area (Å²) in [5, 5.41) is 9.53. The SMILES string of the molecule is O[C@@H]1COC[C@H]1Cc1ccccc1. The van der Waals surface area contributed by atoms with Gasteiger partial charge in [0.1, 0.15) is 0 Å². The van der Waals surface area contributed by atoms with E-state index in [1.807, 2.05) is 18.2 Å². The van der Waals surface area contributed by atoms with Gasteiger partial charge in [-0.2, -0.15) is 0 Å². The molecule has 0 spiro atoms. The Morgan fingerprint density at radius 3 is 2.62 bits per heavy atom. The van der Waals surface area contributed by atoms with Crippen LogP contribution in [0.4, 0.5) is 0 Å². The molecular weight excluding hydrogens is 164 g/mol. The highest BCUT2D eigenvalue weighted by Gasteiger charge is 2.25. The molecule has 0 radical (unpaired) electrons. The molecule has 2 nitrogen and oxygen atoms in total. The number of ether oxygens (including phenoxy) is 1. The minimum atomic E-state index is -0.278. The maximum absolute atomic E-state index is 9.53. The molecule has 13 heavy (non-hydrogen) atoms. The number of hydrogen-bond acceptors (Lipinski definition) is 2. The molecule has 1 saturated heterocycles. The van der Waals surface area contributed by atoms with Crippen molar-refractivity contribution in [3.8, 4) is 0 Å². The van der Waals surface area contributed by atoms with Crippen molar-refractivity contribution in [1.82, 2.24) is 0 Å². The maximum atomic E-state index is 9.53. The van der Waals surface area contributed by atoms with Gasteiger partial charge in [-0.25, -0.2) is 0 Å². The van der Waals surface area contributed by atoms with Crippen LogP contribution < -0.4 is 0 Å². The van der Waals surface area contributed by atoms with E-state index in [4.69, 9.17) is 4.74 Å². The fourth-order valence-corrected chi connectivity index (χ4v) is 1.70. The second kappa shape index (κ2) is 3.90. The maximum Gasteiger partial charge on any atom is 0.0826 e. The Morgan fingerprint density at radius 1 is 1.23 bits per heavy atom. The fraction of sp³-hybridized carbons (Fsp3) is 0.455. The molecule has 1 aromatic carbocycles. The van der Waals surface area contributed by atoms with Gasteiger partial charge in [0, 0.05) is 5.92 Å². The zero-order valence-electron chi connectivity index (χ0n) is 7.52. The van der Waals surface area contributed by atoms with Crippen molar-refractivity contribution in [3.63, 3.8) is 0 Å². The van der Waals surface area contributed by atoms with Crippen LogP contribution in [0.2, 0.25) is 0 Å². The van der Waals surface area contributed by atoms with Crippen LogP contribution in [0.25, 0.3) is 0 Å². The van der Waals surface area contributed by atoms with Crippen molar-refractivity contribution in [1.29, 1.82) is 0 Å². The molecule has 0 bridgehead atoms. The Bertz CT molecular complexity index is 258. The summed E-state index contributed by atoms with van der Waals surface area (Å²) >= 11 is 0. The second-order valence-electron chi connectivity index (χ2n) is 3.55. The summed E-state index contributed by atoms with van der Waals surface area (Å²) in [6, 6.07) is 10.2. The zero-order chi connectivity index (χ0) is 9.10. The topological polar surface area (TPSA) is 29.5 Å². The van der Waals surface area contributed by atoms with Crippen LogP contribution in [0.1, 0.15) is 5.56 Å². The molecule has 0 amide bonds. The molecule has 1 aromatic rings. The van der Waals surface area contributed by atoms with Crippen molar-refractivity contribution < 1.29 is 9.84 Å². The molecule has 70 valence electrons. The van der Waals surface area contributed by atoms with E-state index in [0.717, 1.165) is 6.42 Å². The van der Waals surface area contributed by atoms with Crippen molar-refractivity contribution >= 4 is 0 Å². The predicted octanol–water partition coefficient (Wildman–Crippen LogP) is 1.24. The van der Waals surface area contributed by atoms with Crippen LogP contribution in [0.5, 0.6) is 0 Å². The lowest BCUT2D eigenvalue weighted by Crippen LogP contribution is -2.19. The first kappa shape index (κ1) is 8.73. The van der Waals surface area contributed by atoms with E-state index in [1.54, 1.807) is 0 Å². The summed E-state index contributed by atoms with van der Waals surface area (Å²) in [4.78, 5) is 0. The van der Waals surface area contributed by atoms with E-state index < -0.39 is 0 Å². The molecule has 2 rings (SSSR count). The Kier molecular flexibility index (Phi) is 2.62. The van der Waals surface area contributed by atoms with Crippen LogP contribution >= 0.6 is 0 Å². The van der Waals surface area contributed by atoms with Gasteiger partial charge < -0.3 is 9.84 Å². The van der Waals surface area contributed by atoms with Gasteiger partial charge in [-0.3, -0.25) is 0 Å². The van der Waals surface area contributed by atoms with Gasteiger partial charge in [-0.05, 0) is 12.0 Å². The van der Waals surface area contributed by atoms with E-state index in [-0.39, 0.29) is 12.0 Å². The highest BCUT2D eigenvalue weighted by molar-refractivity contribution is 5.15. The highest BCUT2D eigenvalue weighted by Crippen LogP contribution is 2.18. The Labute approximate surface area is 78.2 Å². The lowest BCUT2D eigenvalue weighted by Gasteiger charge is -2.11. The molecule has 1 aliphatic heterocycles. The Hall–Kier alpha value is -0.860. The number of hydrogen-bond donors (Lipinski definition) is 1. The van der Waals surface area contributed by atoms with Gasteiger partial charge >= 0.3 is 0 Å². The van der Waals surface area contributed by atoms with Gasteiger partial charge in [0.2, 0.25) is 0 Å². The Morgan fingerprint density at radius 2 is 2.00 bits per heavy atom. The average molecular weight is 178 g/mol. The van der Waals surface area contributed by atoms with E-state index in [1.165, 1.54) is 5.56 Å². The third-order valence-corrected chi connectivity index (χ3v) is 2.51. The summed E-state index contributed by atoms with van der Waals surface area (Å²) in [6.45, 7) is 1.19. The van der Waals surface area contributed by atoms with Crippen molar-refractivity contribution in [2.45, 2.75) is 12.5 Å². The van der Waals surface area contributed by atoms with E-state index in [2.05, 4.69) is 12.1 Å². The molecule has 1 N–H and O–H groups in total. The van der Waals surface area contributed by atoms with Crippen LogP contribution in [-0.4, -0.2) is 24.4 Å².